The first kappa shape index (κ1) is 25.8. The zero-order valence-corrected chi connectivity index (χ0v) is 21.3. The van der Waals surface area contributed by atoms with Crippen molar-refractivity contribution >= 4 is 23.3 Å². The molecule has 0 radical (unpaired) electrons. The van der Waals surface area contributed by atoms with Crippen molar-refractivity contribution in [3.8, 4) is 5.75 Å². The van der Waals surface area contributed by atoms with Gasteiger partial charge in [-0.3, -0.25) is 9.69 Å². The lowest BCUT2D eigenvalue weighted by Crippen LogP contribution is -2.32. The number of hydrogen-bond donors (Lipinski definition) is 2. The Balaban J connectivity index is 1.66. The highest BCUT2D eigenvalue weighted by Crippen LogP contribution is 2.23. The smallest absolute Gasteiger partial charge is 0.256 e. The van der Waals surface area contributed by atoms with E-state index in [1.165, 1.54) is 11.1 Å². The van der Waals surface area contributed by atoms with Crippen LogP contribution in [0.3, 0.4) is 0 Å². The summed E-state index contributed by atoms with van der Waals surface area (Å²) in [6, 6.07) is 11.5. The van der Waals surface area contributed by atoms with Crippen LogP contribution >= 0.6 is 11.6 Å². The Bertz CT molecular complexity index is 1050. The summed E-state index contributed by atoms with van der Waals surface area (Å²) in [4.78, 5) is 15.3. The van der Waals surface area contributed by atoms with E-state index in [-0.39, 0.29) is 5.91 Å². The molecule has 6 nitrogen and oxygen atoms in total. The van der Waals surface area contributed by atoms with E-state index in [1.807, 2.05) is 43.3 Å². The molecule has 0 fully saturated rings. The zero-order valence-electron chi connectivity index (χ0n) is 20.5. The second-order valence-corrected chi connectivity index (χ2v) is 9.28. The number of halogens is 1. The van der Waals surface area contributed by atoms with Gasteiger partial charge < -0.3 is 15.5 Å². The van der Waals surface area contributed by atoms with Gasteiger partial charge >= 0.3 is 0 Å². The van der Waals surface area contributed by atoms with Gasteiger partial charge in [0, 0.05) is 29.2 Å². The molecule has 7 heteroatoms. The Morgan fingerprint density at radius 3 is 2.79 bits per heavy atom. The van der Waals surface area contributed by atoms with E-state index in [1.54, 1.807) is 6.08 Å². The quantitative estimate of drug-likeness (QED) is 0.294. The normalized spacial score (nSPS) is 14.4. The van der Waals surface area contributed by atoms with Gasteiger partial charge in [-0.2, -0.15) is 5.10 Å². The summed E-state index contributed by atoms with van der Waals surface area (Å²) < 4.78 is 5.91. The summed E-state index contributed by atoms with van der Waals surface area (Å²) in [5.74, 6) is 1.45. The number of hydrogen-bond acceptors (Lipinski definition) is 5. The number of nitrogens with zero attached hydrogens (tertiary/aromatic N) is 2. The molecule has 0 saturated carbocycles. The van der Waals surface area contributed by atoms with Gasteiger partial charge in [0.15, 0.2) is 5.84 Å². The van der Waals surface area contributed by atoms with E-state index in [4.69, 9.17) is 16.3 Å². The van der Waals surface area contributed by atoms with E-state index in [9.17, 15) is 4.79 Å². The first-order valence-corrected chi connectivity index (χ1v) is 12.3. The van der Waals surface area contributed by atoms with Gasteiger partial charge in [0.2, 0.25) is 0 Å². The molecule has 1 heterocycles. The summed E-state index contributed by atoms with van der Waals surface area (Å²) in [6.07, 6.45) is 4.56. The molecular weight excluding hydrogens is 448 g/mol. The Kier molecular flexibility index (Phi) is 9.54. The van der Waals surface area contributed by atoms with Crippen molar-refractivity contribution in [2.75, 3.05) is 19.7 Å². The monoisotopic (exact) mass is 482 g/mol. The molecule has 0 unspecified atom stereocenters. The number of carbonyl (C=O) groups is 1. The molecule has 1 aliphatic rings. The van der Waals surface area contributed by atoms with Crippen LogP contribution in [-0.4, -0.2) is 36.3 Å². The molecule has 0 saturated heterocycles. The Hall–Kier alpha value is -2.83. The van der Waals surface area contributed by atoms with Crippen LogP contribution in [0.25, 0.3) is 0 Å². The largest absolute Gasteiger partial charge is 0.493 e. The molecule has 0 atom stereocenters. The van der Waals surface area contributed by atoms with Crippen LogP contribution in [0.2, 0.25) is 5.02 Å². The SMILES string of the molecule is C/C=C/C(=N\NCc1cc(Cl)ccc1OCC(C)C)NC(=O)c1ccc2c(c1)CCN(CC)C2. The molecule has 2 aromatic carbocycles. The van der Waals surface area contributed by atoms with Crippen molar-refractivity contribution in [2.24, 2.45) is 11.0 Å². The zero-order chi connectivity index (χ0) is 24.5. The van der Waals surface area contributed by atoms with Crippen LogP contribution in [0.1, 0.15) is 54.7 Å². The highest BCUT2D eigenvalue weighted by atomic mass is 35.5. The molecule has 0 aliphatic carbocycles. The molecule has 182 valence electrons. The minimum absolute atomic E-state index is 0.178. The Morgan fingerprint density at radius 1 is 1.24 bits per heavy atom. The highest BCUT2D eigenvalue weighted by molar-refractivity contribution is 6.30. The van der Waals surface area contributed by atoms with Crippen LogP contribution in [0.5, 0.6) is 5.75 Å². The van der Waals surface area contributed by atoms with Crippen LogP contribution in [0.4, 0.5) is 0 Å². The van der Waals surface area contributed by atoms with Crippen molar-refractivity contribution in [3.05, 3.63) is 75.8 Å². The molecule has 2 aromatic rings. The lowest BCUT2D eigenvalue weighted by atomic mass is 9.97. The summed E-state index contributed by atoms with van der Waals surface area (Å²) >= 11 is 6.18. The van der Waals surface area contributed by atoms with E-state index < -0.39 is 0 Å². The molecule has 34 heavy (non-hydrogen) atoms. The van der Waals surface area contributed by atoms with Gasteiger partial charge in [-0.25, -0.2) is 0 Å². The minimum Gasteiger partial charge on any atom is -0.493 e. The molecule has 2 N–H and O–H groups in total. The van der Waals surface area contributed by atoms with Crippen molar-refractivity contribution in [2.45, 2.75) is 47.2 Å². The Morgan fingerprint density at radius 2 is 2.06 bits per heavy atom. The average molecular weight is 483 g/mol. The van der Waals surface area contributed by atoms with Crippen LogP contribution < -0.4 is 15.5 Å². The third kappa shape index (κ3) is 7.34. The fourth-order valence-corrected chi connectivity index (χ4v) is 3.96. The number of likely N-dealkylation sites (N-methyl/N-ethyl adjacent to an activating group) is 1. The number of amides is 1. The maximum atomic E-state index is 12.9. The molecule has 0 aromatic heterocycles. The molecular formula is C27H35ClN4O2. The standard InChI is InChI=1S/C27H35ClN4O2/c1-5-7-26(31-29-16-23-15-24(28)10-11-25(23)34-18-19(3)4)30-27(33)21-8-9-22-17-32(6-2)13-12-20(22)14-21/h5,7-11,14-15,19,29H,6,12-13,16-18H2,1-4H3,(H,30,31,33)/b7-5+. The fourth-order valence-electron chi connectivity index (χ4n) is 3.77. The summed E-state index contributed by atoms with van der Waals surface area (Å²) in [6.45, 7) is 12.3. The lowest BCUT2D eigenvalue weighted by Gasteiger charge is -2.27. The van der Waals surface area contributed by atoms with E-state index in [0.717, 1.165) is 37.4 Å². The lowest BCUT2D eigenvalue weighted by molar-refractivity contribution is 0.0977. The van der Waals surface area contributed by atoms with Crippen molar-refractivity contribution in [3.63, 3.8) is 0 Å². The highest BCUT2D eigenvalue weighted by Gasteiger charge is 2.17. The van der Waals surface area contributed by atoms with Gasteiger partial charge in [-0.15, -0.1) is 0 Å². The van der Waals surface area contributed by atoms with E-state index in [0.29, 0.717) is 35.5 Å². The molecule has 1 aliphatic heterocycles. The number of nitrogens with one attached hydrogen (secondary N) is 2. The average Bonchev–Trinajstić information content (AvgIpc) is 2.82. The molecule has 1 amide bonds. The number of carbonyl (C=O) groups excluding carboxylic acids is 1. The van der Waals surface area contributed by atoms with Crippen molar-refractivity contribution < 1.29 is 9.53 Å². The van der Waals surface area contributed by atoms with Gasteiger partial charge in [-0.1, -0.05) is 44.5 Å². The molecule has 0 bridgehead atoms. The fraction of sp³-hybridized carbons (Fsp3) is 0.407. The molecule has 0 spiro atoms. The van der Waals surface area contributed by atoms with Gasteiger partial charge in [0.25, 0.3) is 5.91 Å². The minimum atomic E-state index is -0.178. The van der Waals surface area contributed by atoms with Crippen LogP contribution in [0, 0.1) is 5.92 Å². The number of amidine groups is 1. The van der Waals surface area contributed by atoms with Crippen molar-refractivity contribution in [1.29, 1.82) is 0 Å². The molecule has 3 rings (SSSR count). The number of rotatable bonds is 9. The number of allylic oxidation sites excluding steroid dienone is 1. The predicted octanol–water partition coefficient (Wildman–Crippen LogP) is 5.16. The van der Waals surface area contributed by atoms with E-state index >= 15 is 0 Å². The second kappa shape index (κ2) is 12.6. The number of ether oxygens (including phenoxy) is 1. The Labute approximate surface area is 208 Å². The predicted molar refractivity (Wildman–Crippen MR) is 139 cm³/mol. The van der Waals surface area contributed by atoms with Gasteiger partial charge in [-0.05, 0) is 73.3 Å². The number of fused-ring (bicyclic) bond motifs is 1. The topological polar surface area (TPSA) is 66.0 Å². The van der Waals surface area contributed by atoms with Crippen LogP contribution in [0.15, 0.2) is 53.7 Å². The number of hydrazone groups is 1. The maximum Gasteiger partial charge on any atom is 0.256 e. The first-order chi connectivity index (χ1) is 16.4. The summed E-state index contributed by atoms with van der Waals surface area (Å²) in [7, 11) is 0. The van der Waals surface area contributed by atoms with Gasteiger partial charge in [0.05, 0.1) is 13.2 Å². The van der Waals surface area contributed by atoms with E-state index in [2.05, 4.69) is 47.6 Å². The third-order valence-corrected chi connectivity index (χ3v) is 5.87. The number of benzene rings is 2. The second-order valence-electron chi connectivity index (χ2n) is 8.85. The summed E-state index contributed by atoms with van der Waals surface area (Å²) in [5, 5.41) is 7.93. The summed E-state index contributed by atoms with van der Waals surface area (Å²) in [5.41, 5.74) is 7.12. The third-order valence-electron chi connectivity index (χ3n) is 5.64. The maximum absolute atomic E-state index is 12.9. The first-order valence-electron chi connectivity index (χ1n) is 11.9. The van der Waals surface area contributed by atoms with Gasteiger partial charge in [0.1, 0.15) is 5.75 Å². The van der Waals surface area contributed by atoms with Crippen LogP contribution in [-0.2, 0) is 19.5 Å². The van der Waals surface area contributed by atoms with Crippen molar-refractivity contribution in [1.82, 2.24) is 15.6 Å².